The van der Waals surface area contributed by atoms with Crippen LogP contribution in [0.5, 0.6) is 5.75 Å². The van der Waals surface area contributed by atoms with Crippen molar-refractivity contribution in [1.29, 1.82) is 0 Å². The molecule has 3 N–H and O–H groups in total. The average Bonchev–Trinajstić information content (AvgIpc) is 2.34. The van der Waals surface area contributed by atoms with E-state index in [1.165, 1.54) is 0 Å². The molecule has 19 heavy (non-hydrogen) atoms. The zero-order valence-corrected chi connectivity index (χ0v) is 12.6. The quantitative estimate of drug-likeness (QED) is 0.907. The Bertz CT molecular complexity index is 616. The van der Waals surface area contributed by atoms with Crippen molar-refractivity contribution in [2.75, 3.05) is 18.2 Å². The Morgan fingerprint density at radius 3 is 2.63 bits per heavy atom. The summed E-state index contributed by atoms with van der Waals surface area (Å²) in [5.74, 6) is 2.57. The molecule has 5 nitrogen and oxygen atoms in total. The maximum atomic E-state index is 5.84. The van der Waals surface area contributed by atoms with Gasteiger partial charge in [0.2, 0.25) is 0 Å². The molecule has 1 heterocycles. The molecule has 0 unspecified atom stereocenters. The smallest absolute Gasteiger partial charge is 0.139 e. The highest BCUT2D eigenvalue weighted by Crippen LogP contribution is 2.28. The zero-order valence-electron chi connectivity index (χ0n) is 11.0. The van der Waals surface area contributed by atoms with Gasteiger partial charge in [0.15, 0.2) is 0 Å². The van der Waals surface area contributed by atoms with Crippen molar-refractivity contribution >= 4 is 33.3 Å². The number of aromatic nitrogens is 2. The van der Waals surface area contributed by atoms with Crippen molar-refractivity contribution in [2.45, 2.75) is 13.8 Å². The second kappa shape index (κ2) is 5.44. The van der Waals surface area contributed by atoms with E-state index in [1.54, 1.807) is 7.11 Å². The Morgan fingerprint density at radius 1 is 1.21 bits per heavy atom. The Kier molecular flexibility index (Phi) is 3.90. The Labute approximate surface area is 120 Å². The number of nitrogens with two attached hydrogens (primary N) is 1. The van der Waals surface area contributed by atoms with Gasteiger partial charge in [0.1, 0.15) is 23.2 Å². The van der Waals surface area contributed by atoms with Crippen LogP contribution in [-0.4, -0.2) is 17.1 Å². The molecular weight excluding hydrogens is 308 g/mol. The molecule has 0 saturated carbocycles. The summed E-state index contributed by atoms with van der Waals surface area (Å²) in [6.45, 7) is 3.69. The van der Waals surface area contributed by atoms with Crippen molar-refractivity contribution in [2.24, 2.45) is 0 Å². The number of nitrogen functional groups attached to an aromatic ring is 1. The van der Waals surface area contributed by atoms with E-state index in [1.807, 2.05) is 32.0 Å². The number of anilines is 3. The van der Waals surface area contributed by atoms with E-state index in [0.717, 1.165) is 21.5 Å². The second-order valence-electron chi connectivity index (χ2n) is 4.13. The maximum absolute atomic E-state index is 5.84. The molecule has 1 aromatic carbocycles. The Hall–Kier alpha value is -1.82. The highest BCUT2D eigenvalue weighted by Gasteiger charge is 2.08. The molecule has 2 rings (SSSR count). The molecule has 0 atom stereocenters. The first-order chi connectivity index (χ1) is 8.99. The van der Waals surface area contributed by atoms with Crippen LogP contribution in [0.25, 0.3) is 0 Å². The lowest BCUT2D eigenvalue weighted by Crippen LogP contribution is -2.05. The monoisotopic (exact) mass is 322 g/mol. The summed E-state index contributed by atoms with van der Waals surface area (Å²) >= 11 is 3.44. The number of aryl methyl sites for hydroxylation is 1. The minimum absolute atomic E-state index is 0.483. The topological polar surface area (TPSA) is 73.1 Å². The number of halogens is 1. The molecule has 0 saturated heterocycles. The fourth-order valence-corrected chi connectivity index (χ4v) is 2.13. The van der Waals surface area contributed by atoms with E-state index in [9.17, 15) is 0 Å². The lowest BCUT2D eigenvalue weighted by Gasteiger charge is -2.12. The number of rotatable bonds is 3. The van der Waals surface area contributed by atoms with Gasteiger partial charge in [-0.2, -0.15) is 0 Å². The first kappa shape index (κ1) is 13.6. The average molecular weight is 323 g/mol. The number of ether oxygens (including phenoxy) is 1. The third-order valence-electron chi connectivity index (χ3n) is 2.67. The highest BCUT2D eigenvalue weighted by molar-refractivity contribution is 9.10. The second-order valence-corrected chi connectivity index (χ2v) is 5.05. The van der Waals surface area contributed by atoms with Crippen molar-refractivity contribution in [3.05, 3.63) is 34.1 Å². The molecule has 0 radical (unpaired) electrons. The van der Waals surface area contributed by atoms with E-state index in [2.05, 4.69) is 31.2 Å². The van der Waals surface area contributed by atoms with Gasteiger partial charge in [-0.15, -0.1) is 0 Å². The van der Waals surface area contributed by atoms with Gasteiger partial charge in [-0.3, -0.25) is 0 Å². The summed E-state index contributed by atoms with van der Waals surface area (Å²) < 4.78 is 6.15. The van der Waals surface area contributed by atoms with Crippen LogP contribution in [0.3, 0.4) is 0 Å². The third kappa shape index (κ3) is 3.14. The van der Waals surface area contributed by atoms with Crippen LogP contribution in [0.4, 0.5) is 17.3 Å². The maximum Gasteiger partial charge on any atom is 0.139 e. The molecule has 6 heteroatoms. The predicted molar refractivity (Wildman–Crippen MR) is 79.9 cm³/mol. The van der Waals surface area contributed by atoms with Crippen LogP contribution in [0.15, 0.2) is 22.7 Å². The number of methoxy groups -OCH3 is 1. The lowest BCUT2D eigenvalue weighted by atomic mass is 10.2. The molecule has 0 aliphatic rings. The van der Waals surface area contributed by atoms with Crippen molar-refractivity contribution in [3.63, 3.8) is 0 Å². The summed E-state index contributed by atoms with van der Waals surface area (Å²) in [5, 5.41) is 3.23. The third-order valence-corrected chi connectivity index (χ3v) is 3.12. The van der Waals surface area contributed by atoms with Gasteiger partial charge >= 0.3 is 0 Å². The highest BCUT2D eigenvalue weighted by atomic mass is 79.9. The van der Waals surface area contributed by atoms with Gasteiger partial charge in [-0.05, 0) is 26.0 Å². The van der Waals surface area contributed by atoms with Crippen LogP contribution in [0.2, 0.25) is 0 Å². The normalized spacial score (nSPS) is 10.3. The summed E-state index contributed by atoms with van der Waals surface area (Å²) in [6.07, 6.45) is 0. The predicted octanol–water partition coefficient (Wildman–Crippen LogP) is 3.19. The van der Waals surface area contributed by atoms with Gasteiger partial charge in [-0.1, -0.05) is 15.9 Å². The van der Waals surface area contributed by atoms with Gasteiger partial charge in [-0.25, -0.2) is 9.97 Å². The van der Waals surface area contributed by atoms with E-state index < -0.39 is 0 Å². The van der Waals surface area contributed by atoms with E-state index in [0.29, 0.717) is 17.5 Å². The molecule has 0 aliphatic carbocycles. The first-order valence-corrected chi connectivity index (χ1v) is 6.51. The molecule has 1 aromatic heterocycles. The lowest BCUT2D eigenvalue weighted by molar-refractivity contribution is 0.415. The molecule has 0 bridgehead atoms. The van der Waals surface area contributed by atoms with Gasteiger partial charge in [0, 0.05) is 21.8 Å². The van der Waals surface area contributed by atoms with Crippen molar-refractivity contribution < 1.29 is 4.74 Å². The summed E-state index contributed by atoms with van der Waals surface area (Å²) in [5.41, 5.74) is 7.53. The summed E-state index contributed by atoms with van der Waals surface area (Å²) in [4.78, 5) is 8.48. The summed E-state index contributed by atoms with van der Waals surface area (Å²) in [7, 11) is 1.63. The summed E-state index contributed by atoms with van der Waals surface area (Å²) in [6, 6.07) is 5.71. The number of hydrogen-bond donors (Lipinski definition) is 2. The molecule has 0 fully saturated rings. The molecule has 2 aromatic rings. The molecule has 0 amide bonds. The van der Waals surface area contributed by atoms with Gasteiger partial charge in [0.05, 0.1) is 7.11 Å². The number of benzene rings is 1. The molecule has 100 valence electrons. The molecule has 0 aliphatic heterocycles. The van der Waals surface area contributed by atoms with Crippen LogP contribution >= 0.6 is 15.9 Å². The molecular formula is C13H15BrN4O. The van der Waals surface area contributed by atoms with Crippen molar-refractivity contribution in [1.82, 2.24) is 9.97 Å². The SMILES string of the molecule is COc1cc(Br)cc(Nc2nc(C)nc(N)c2C)c1. The number of hydrogen-bond acceptors (Lipinski definition) is 5. The molecule has 0 spiro atoms. The largest absolute Gasteiger partial charge is 0.497 e. The van der Waals surface area contributed by atoms with Crippen LogP contribution < -0.4 is 15.8 Å². The van der Waals surface area contributed by atoms with Crippen LogP contribution in [0, 0.1) is 13.8 Å². The van der Waals surface area contributed by atoms with E-state index in [4.69, 9.17) is 10.5 Å². The standard InChI is InChI=1S/C13H15BrN4O/c1-7-12(15)16-8(2)17-13(7)18-10-4-9(14)5-11(6-10)19-3/h4-6H,1-3H3,(H3,15,16,17,18). The van der Waals surface area contributed by atoms with E-state index in [-0.39, 0.29) is 0 Å². The van der Waals surface area contributed by atoms with Gasteiger partial charge < -0.3 is 15.8 Å². The van der Waals surface area contributed by atoms with E-state index >= 15 is 0 Å². The number of nitrogens with zero attached hydrogens (tertiary/aromatic N) is 2. The fourth-order valence-electron chi connectivity index (χ4n) is 1.66. The van der Waals surface area contributed by atoms with Crippen molar-refractivity contribution in [3.8, 4) is 5.75 Å². The minimum atomic E-state index is 0.483. The van der Waals surface area contributed by atoms with Gasteiger partial charge in [0.25, 0.3) is 0 Å². The van der Waals surface area contributed by atoms with Crippen LogP contribution in [0.1, 0.15) is 11.4 Å². The minimum Gasteiger partial charge on any atom is -0.497 e. The number of nitrogens with one attached hydrogen (secondary N) is 1. The zero-order chi connectivity index (χ0) is 14.0. The first-order valence-electron chi connectivity index (χ1n) is 5.72. The fraction of sp³-hybridized carbons (Fsp3) is 0.231. The Balaban J connectivity index is 2.38. The van der Waals surface area contributed by atoms with Crippen LogP contribution in [-0.2, 0) is 0 Å². The Morgan fingerprint density at radius 2 is 1.95 bits per heavy atom.